The second kappa shape index (κ2) is 6.90. The molecule has 4 heterocycles. The lowest BCUT2D eigenvalue weighted by Gasteiger charge is -2.35. The first kappa shape index (κ1) is 19.2. The third-order valence-electron chi connectivity index (χ3n) is 5.32. The number of nitrogens with zero attached hydrogens (tertiary/aromatic N) is 6. The Kier molecular flexibility index (Phi) is 4.28. The van der Waals surface area contributed by atoms with Crippen molar-refractivity contribution in [2.45, 2.75) is 10.3 Å². The predicted octanol–water partition coefficient (Wildman–Crippen LogP) is 1.75. The topological polar surface area (TPSA) is 128 Å². The molecular formula is C20H17N7O3S. The van der Waals surface area contributed by atoms with Crippen molar-refractivity contribution in [1.29, 1.82) is 5.26 Å². The number of anilines is 1. The van der Waals surface area contributed by atoms with Crippen molar-refractivity contribution in [2.75, 3.05) is 17.9 Å². The van der Waals surface area contributed by atoms with Crippen LogP contribution in [-0.4, -0.2) is 46.2 Å². The first-order valence-electron chi connectivity index (χ1n) is 9.36. The summed E-state index contributed by atoms with van der Waals surface area (Å²) in [5.74, 6) is 0.411. The van der Waals surface area contributed by atoms with Gasteiger partial charge in [0.1, 0.15) is 10.3 Å². The van der Waals surface area contributed by atoms with E-state index in [1.165, 1.54) is 17.1 Å². The lowest BCUT2D eigenvalue weighted by molar-refractivity contribution is -0.0298. The maximum atomic E-state index is 13.0. The van der Waals surface area contributed by atoms with Gasteiger partial charge in [0.05, 0.1) is 49.1 Å². The van der Waals surface area contributed by atoms with Crippen molar-refractivity contribution in [2.24, 2.45) is 7.05 Å². The van der Waals surface area contributed by atoms with Crippen molar-refractivity contribution in [3.63, 3.8) is 0 Å². The first-order chi connectivity index (χ1) is 14.9. The summed E-state index contributed by atoms with van der Waals surface area (Å²) in [6, 6.07) is 11.1. The molecule has 10 nitrogen and oxygen atoms in total. The standard InChI is InChI=1S/C20H17N7O3S/c1-26-19-14(8-23-26)3-2-4-17(19)25-31(28,29)16-9-24-27(10-16)18-7-15(5-6-22-18)20(11-21)12-30-13-20/h2-10,25H,12-13H2,1H3. The third kappa shape index (κ3) is 3.13. The van der Waals surface area contributed by atoms with Gasteiger partial charge < -0.3 is 4.74 Å². The van der Waals surface area contributed by atoms with Crippen LogP contribution in [0.15, 0.2) is 60.0 Å². The van der Waals surface area contributed by atoms with Gasteiger partial charge in [-0.05, 0) is 23.8 Å². The number of rotatable bonds is 5. The average molecular weight is 435 g/mol. The highest BCUT2D eigenvalue weighted by molar-refractivity contribution is 7.92. The molecule has 156 valence electrons. The van der Waals surface area contributed by atoms with Crippen molar-refractivity contribution in [3.05, 3.63) is 60.7 Å². The summed E-state index contributed by atoms with van der Waals surface area (Å²) in [5.41, 5.74) is 1.15. The van der Waals surface area contributed by atoms with Crippen molar-refractivity contribution in [3.8, 4) is 11.9 Å². The van der Waals surface area contributed by atoms with E-state index in [0.717, 1.165) is 10.9 Å². The van der Waals surface area contributed by atoms with E-state index in [9.17, 15) is 13.7 Å². The molecule has 0 atom stereocenters. The number of fused-ring (bicyclic) bond motifs is 1. The van der Waals surface area contributed by atoms with Gasteiger partial charge in [-0.2, -0.15) is 15.5 Å². The number of pyridine rings is 1. The molecule has 0 saturated carbocycles. The Bertz CT molecular complexity index is 1440. The van der Waals surface area contributed by atoms with E-state index in [-0.39, 0.29) is 4.90 Å². The van der Waals surface area contributed by atoms with E-state index < -0.39 is 15.4 Å². The van der Waals surface area contributed by atoms with Gasteiger partial charge in [0.15, 0.2) is 5.82 Å². The lowest BCUT2D eigenvalue weighted by Crippen LogP contribution is -2.45. The molecule has 11 heteroatoms. The monoisotopic (exact) mass is 435 g/mol. The zero-order valence-corrected chi connectivity index (χ0v) is 17.2. The summed E-state index contributed by atoms with van der Waals surface area (Å²) < 4.78 is 36.8. The normalized spacial score (nSPS) is 15.4. The highest BCUT2D eigenvalue weighted by atomic mass is 32.2. The molecule has 0 spiro atoms. The summed E-state index contributed by atoms with van der Waals surface area (Å²) >= 11 is 0. The van der Waals surface area contributed by atoms with Crippen LogP contribution < -0.4 is 4.72 Å². The maximum Gasteiger partial charge on any atom is 0.265 e. The van der Waals surface area contributed by atoms with Crippen LogP contribution in [0, 0.1) is 11.3 Å². The zero-order valence-electron chi connectivity index (χ0n) is 16.4. The first-order valence-corrected chi connectivity index (χ1v) is 10.8. The quantitative estimate of drug-likeness (QED) is 0.506. The van der Waals surface area contributed by atoms with Gasteiger partial charge in [0.25, 0.3) is 10.0 Å². The zero-order chi connectivity index (χ0) is 21.6. The maximum absolute atomic E-state index is 13.0. The van der Waals surface area contributed by atoms with Gasteiger partial charge in [-0.3, -0.25) is 9.40 Å². The Morgan fingerprint density at radius 3 is 2.81 bits per heavy atom. The fraction of sp³-hybridized carbons (Fsp3) is 0.200. The number of nitrogens with one attached hydrogen (secondary N) is 1. The van der Waals surface area contributed by atoms with Gasteiger partial charge in [0.2, 0.25) is 0 Å². The second-order valence-electron chi connectivity index (χ2n) is 7.33. The molecule has 4 aromatic rings. The summed E-state index contributed by atoms with van der Waals surface area (Å²) in [6.45, 7) is 0.629. The minimum atomic E-state index is -3.90. The van der Waals surface area contributed by atoms with E-state index in [4.69, 9.17) is 4.74 Å². The molecule has 1 saturated heterocycles. The van der Waals surface area contributed by atoms with Crippen LogP contribution >= 0.6 is 0 Å². The van der Waals surface area contributed by atoms with Crippen LogP contribution in [0.2, 0.25) is 0 Å². The van der Waals surface area contributed by atoms with Crippen molar-refractivity contribution in [1.82, 2.24) is 24.5 Å². The fourth-order valence-corrected chi connectivity index (χ4v) is 4.53. The largest absolute Gasteiger partial charge is 0.377 e. The molecule has 0 radical (unpaired) electrons. The Morgan fingerprint density at radius 1 is 1.23 bits per heavy atom. The number of hydrogen-bond donors (Lipinski definition) is 1. The van der Waals surface area contributed by atoms with E-state index in [0.29, 0.717) is 30.2 Å². The molecule has 0 unspecified atom stereocenters. The predicted molar refractivity (Wildman–Crippen MR) is 111 cm³/mol. The second-order valence-corrected chi connectivity index (χ2v) is 9.01. The minimum Gasteiger partial charge on any atom is -0.377 e. The Balaban J connectivity index is 1.47. The molecule has 31 heavy (non-hydrogen) atoms. The number of benzene rings is 1. The van der Waals surface area contributed by atoms with Crippen LogP contribution in [0.5, 0.6) is 0 Å². The van der Waals surface area contributed by atoms with Gasteiger partial charge in [-0.1, -0.05) is 12.1 Å². The smallest absolute Gasteiger partial charge is 0.265 e. The van der Waals surface area contributed by atoms with E-state index >= 15 is 0 Å². The van der Waals surface area contributed by atoms with Crippen LogP contribution in [0.1, 0.15) is 5.56 Å². The van der Waals surface area contributed by atoms with Gasteiger partial charge in [-0.15, -0.1) is 0 Å². The van der Waals surface area contributed by atoms with Crippen LogP contribution in [-0.2, 0) is 27.2 Å². The number of aromatic nitrogens is 5. The molecule has 1 aliphatic rings. The van der Waals surface area contributed by atoms with Crippen LogP contribution in [0.25, 0.3) is 16.7 Å². The molecule has 0 bridgehead atoms. The van der Waals surface area contributed by atoms with E-state index in [2.05, 4.69) is 26.0 Å². The molecule has 1 fully saturated rings. The van der Waals surface area contributed by atoms with Crippen molar-refractivity contribution >= 4 is 26.6 Å². The number of aryl methyl sites for hydroxylation is 1. The minimum absolute atomic E-state index is 0.0131. The molecule has 3 aromatic heterocycles. The SMILES string of the molecule is Cn1ncc2cccc(NS(=O)(=O)c3cnn(-c4cc(C5(C#N)COC5)ccn4)c3)c21. The van der Waals surface area contributed by atoms with Gasteiger partial charge in [-0.25, -0.2) is 18.1 Å². The lowest BCUT2D eigenvalue weighted by atomic mass is 9.80. The van der Waals surface area contributed by atoms with Gasteiger partial charge >= 0.3 is 0 Å². The van der Waals surface area contributed by atoms with E-state index in [1.54, 1.807) is 48.4 Å². The number of para-hydroxylation sites is 1. The number of hydrogen-bond acceptors (Lipinski definition) is 7. The number of ether oxygens (including phenoxy) is 1. The molecule has 5 rings (SSSR count). The Hall–Kier alpha value is -3.75. The number of sulfonamides is 1. The average Bonchev–Trinajstić information content (AvgIpc) is 3.36. The molecule has 1 N–H and O–H groups in total. The molecule has 0 amide bonds. The summed E-state index contributed by atoms with van der Waals surface area (Å²) in [6.07, 6.45) is 5.88. The Labute approximate surface area is 177 Å². The molecule has 1 aliphatic heterocycles. The highest BCUT2D eigenvalue weighted by Crippen LogP contribution is 2.32. The molecule has 1 aromatic carbocycles. The molecular weight excluding hydrogens is 418 g/mol. The summed E-state index contributed by atoms with van der Waals surface area (Å²) in [4.78, 5) is 4.25. The van der Waals surface area contributed by atoms with Crippen molar-refractivity contribution < 1.29 is 13.2 Å². The third-order valence-corrected chi connectivity index (χ3v) is 6.64. The van der Waals surface area contributed by atoms with Crippen LogP contribution in [0.4, 0.5) is 5.69 Å². The highest BCUT2D eigenvalue weighted by Gasteiger charge is 2.41. The number of nitriles is 1. The Morgan fingerprint density at radius 2 is 2.06 bits per heavy atom. The van der Waals surface area contributed by atoms with Crippen LogP contribution in [0.3, 0.4) is 0 Å². The molecule has 0 aliphatic carbocycles. The summed E-state index contributed by atoms with van der Waals surface area (Å²) in [7, 11) is -2.15. The van der Waals surface area contributed by atoms with Gasteiger partial charge in [0, 0.05) is 18.6 Å². The fourth-order valence-electron chi connectivity index (χ4n) is 3.53. The van der Waals surface area contributed by atoms with E-state index in [1.807, 2.05) is 6.07 Å². The summed E-state index contributed by atoms with van der Waals surface area (Å²) in [5, 5.41) is 18.7.